The topological polar surface area (TPSA) is 97.3 Å². The van der Waals surface area contributed by atoms with Crippen molar-refractivity contribution in [3.05, 3.63) is 41.0 Å². The van der Waals surface area contributed by atoms with Crippen molar-refractivity contribution in [3.8, 4) is 23.2 Å². The van der Waals surface area contributed by atoms with E-state index in [0.29, 0.717) is 30.9 Å². The number of ether oxygens (including phenoxy) is 2. The number of alkyl halides is 3. The molecule has 2 saturated heterocycles. The maximum Gasteiger partial charge on any atom is 0.417 e. The van der Waals surface area contributed by atoms with Gasteiger partial charge in [-0.25, -0.2) is 8.78 Å². The number of morpholine rings is 1. The van der Waals surface area contributed by atoms with Crippen molar-refractivity contribution in [2.75, 3.05) is 30.9 Å². The second-order valence-corrected chi connectivity index (χ2v) is 9.84. The lowest BCUT2D eigenvalue weighted by molar-refractivity contribution is -0.137. The third-order valence-corrected chi connectivity index (χ3v) is 7.78. The molecule has 13 heteroatoms. The summed E-state index contributed by atoms with van der Waals surface area (Å²) in [6.07, 6.45) is -4.44. The van der Waals surface area contributed by atoms with Crippen LogP contribution in [0, 0.1) is 23.0 Å². The number of hydrogen-bond donors (Lipinski definition) is 1. The monoisotopic (exact) mass is 533 g/mol. The van der Waals surface area contributed by atoms with Gasteiger partial charge >= 0.3 is 12.2 Å². The molecule has 2 N–H and O–H groups in total. The quantitative estimate of drug-likeness (QED) is 0.360. The van der Waals surface area contributed by atoms with Crippen molar-refractivity contribution >= 4 is 43.1 Å². The molecular formula is C24H16F5N5O2S. The molecule has 2 aliphatic rings. The van der Waals surface area contributed by atoms with Gasteiger partial charge in [-0.3, -0.25) is 0 Å². The predicted molar refractivity (Wildman–Crippen MR) is 126 cm³/mol. The van der Waals surface area contributed by atoms with Crippen molar-refractivity contribution in [1.29, 1.82) is 5.26 Å². The summed E-state index contributed by atoms with van der Waals surface area (Å²) >= 11 is 0.706. The van der Waals surface area contributed by atoms with Gasteiger partial charge in [-0.2, -0.15) is 28.4 Å². The molecule has 2 aliphatic heterocycles. The van der Waals surface area contributed by atoms with Crippen molar-refractivity contribution in [2.45, 2.75) is 24.7 Å². The second-order valence-electron chi connectivity index (χ2n) is 8.79. The first-order valence-corrected chi connectivity index (χ1v) is 11.9. The highest BCUT2D eigenvalue weighted by molar-refractivity contribution is 7.23. The predicted octanol–water partition coefficient (Wildman–Crippen LogP) is 5.25. The molecule has 6 rings (SSSR count). The van der Waals surface area contributed by atoms with Crippen LogP contribution in [0.1, 0.15) is 17.5 Å². The van der Waals surface area contributed by atoms with Crippen LogP contribution in [0.15, 0.2) is 18.2 Å². The zero-order valence-electron chi connectivity index (χ0n) is 19.0. The first-order chi connectivity index (χ1) is 17.6. The van der Waals surface area contributed by atoms with Gasteiger partial charge in [0.15, 0.2) is 5.82 Å². The highest BCUT2D eigenvalue weighted by Gasteiger charge is 2.42. The van der Waals surface area contributed by atoms with E-state index in [-0.39, 0.29) is 55.6 Å². The number of benzene rings is 2. The number of hydrogen-bond acceptors (Lipinski definition) is 8. The van der Waals surface area contributed by atoms with E-state index in [9.17, 15) is 22.8 Å². The fraction of sp³-hybridized carbons (Fsp3) is 0.292. The minimum absolute atomic E-state index is 0.0869. The normalized spacial score (nSPS) is 19.2. The van der Waals surface area contributed by atoms with Crippen LogP contribution in [-0.2, 0) is 10.9 Å². The van der Waals surface area contributed by atoms with Crippen LogP contribution >= 0.6 is 11.3 Å². The molecule has 2 aromatic carbocycles. The van der Waals surface area contributed by atoms with Gasteiger partial charge < -0.3 is 20.1 Å². The van der Waals surface area contributed by atoms with Gasteiger partial charge in [0.25, 0.3) is 0 Å². The van der Waals surface area contributed by atoms with Gasteiger partial charge in [-0.15, -0.1) is 11.3 Å². The zero-order chi connectivity index (χ0) is 26.2. The summed E-state index contributed by atoms with van der Waals surface area (Å²) in [7, 11) is 1.27. The fourth-order valence-corrected chi connectivity index (χ4v) is 6.11. The Balaban J connectivity index is 1.72. The van der Waals surface area contributed by atoms with Crippen molar-refractivity contribution < 1.29 is 31.4 Å². The van der Waals surface area contributed by atoms with E-state index < -0.39 is 34.5 Å². The lowest BCUT2D eigenvalue weighted by Gasteiger charge is -2.29. The third-order valence-electron chi connectivity index (χ3n) is 6.75. The molecule has 7 nitrogen and oxygen atoms in total. The molecule has 2 unspecified atom stereocenters. The molecule has 0 amide bonds. The maximum atomic E-state index is 16.3. The number of nitrogens with two attached hydrogens (primary N) is 1. The number of nitrogen functional groups attached to an aromatic ring is 1. The zero-order valence-corrected chi connectivity index (χ0v) is 19.8. The average molecular weight is 533 g/mol. The summed E-state index contributed by atoms with van der Waals surface area (Å²) in [5.41, 5.74) is 2.74. The van der Waals surface area contributed by atoms with E-state index in [1.165, 1.54) is 7.11 Å². The largest absolute Gasteiger partial charge is 0.467 e. The van der Waals surface area contributed by atoms with Crippen LogP contribution in [0.2, 0.25) is 0 Å². The Hall–Kier alpha value is -3.76. The Labute approximate surface area is 209 Å². The molecule has 0 spiro atoms. The smallest absolute Gasteiger partial charge is 0.417 e. The second kappa shape index (κ2) is 8.12. The highest BCUT2D eigenvalue weighted by Crippen LogP contribution is 2.48. The number of anilines is 2. The number of methoxy groups -OCH3 is 1. The maximum absolute atomic E-state index is 16.3. The Morgan fingerprint density at radius 3 is 2.68 bits per heavy atom. The summed E-state index contributed by atoms with van der Waals surface area (Å²) < 4.78 is 84.9. The summed E-state index contributed by atoms with van der Waals surface area (Å²) in [6.45, 7) is 0.748. The number of rotatable bonds is 3. The molecule has 2 atom stereocenters. The van der Waals surface area contributed by atoms with Crippen LogP contribution in [0.4, 0.5) is 32.8 Å². The molecule has 4 aromatic rings. The standard InChI is InChI=1S/C24H16F5N5O2S/c1-35-23-32-19-12(22(33-23)34-7-10-4-9(34)8-36-10)5-14(24(27,28)29)17(18(19)26)11-2-3-15(25)20-16(11)13(6-30)21(31)37-20/h2-3,5,9-10H,4,7-8,31H2,1H3. The first kappa shape index (κ1) is 23.6. The van der Waals surface area contributed by atoms with Gasteiger partial charge in [0, 0.05) is 22.9 Å². The summed E-state index contributed by atoms with van der Waals surface area (Å²) in [4.78, 5) is 10.1. The molecule has 2 aromatic heterocycles. The summed E-state index contributed by atoms with van der Waals surface area (Å²) in [6, 6.07) is 4.18. The van der Waals surface area contributed by atoms with E-state index in [1.54, 1.807) is 11.0 Å². The average Bonchev–Trinajstić information content (AvgIpc) is 3.58. The Kier molecular flexibility index (Phi) is 5.19. The Bertz CT molecular complexity index is 1650. The third kappa shape index (κ3) is 3.47. The minimum atomic E-state index is -5.01. The molecule has 0 saturated carbocycles. The first-order valence-electron chi connectivity index (χ1n) is 11.1. The highest BCUT2D eigenvalue weighted by atomic mass is 32.1. The number of thiophene rings is 1. The molecule has 4 heterocycles. The molecule has 2 fully saturated rings. The van der Waals surface area contributed by atoms with Crippen molar-refractivity contribution in [1.82, 2.24) is 9.97 Å². The van der Waals surface area contributed by atoms with Gasteiger partial charge in [-0.05, 0) is 24.1 Å². The van der Waals surface area contributed by atoms with Crippen LogP contribution < -0.4 is 15.4 Å². The van der Waals surface area contributed by atoms with Crippen LogP contribution in [0.3, 0.4) is 0 Å². The molecule has 0 radical (unpaired) electrons. The van der Waals surface area contributed by atoms with Crippen LogP contribution in [0.25, 0.3) is 32.1 Å². The number of aromatic nitrogens is 2. The SMILES string of the molecule is COc1nc(N2CC3CC2CO3)c2cc(C(F)(F)F)c(-c3ccc(F)c4sc(N)c(C#N)c34)c(F)c2n1. The lowest BCUT2D eigenvalue weighted by atomic mass is 9.92. The summed E-state index contributed by atoms with van der Waals surface area (Å²) in [5.74, 6) is -1.98. The Morgan fingerprint density at radius 1 is 1.27 bits per heavy atom. The van der Waals surface area contributed by atoms with E-state index in [1.807, 2.05) is 0 Å². The lowest BCUT2D eigenvalue weighted by Crippen LogP contribution is -2.37. The van der Waals surface area contributed by atoms with E-state index in [4.69, 9.17) is 15.2 Å². The van der Waals surface area contributed by atoms with E-state index in [2.05, 4.69) is 9.97 Å². The van der Waals surface area contributed by atoms with Crippen LogP contribution in [-0.4, -0.2) is 42.4 Å². The number of nitrogens with zero attached hydrogens (tertiary/aromatic N) is 4. The van der Waals surface area contributed by atoms with Crippen LogP contribution in [0.5, 0.6) is 6.01 Å². The summed E-state index contributed by atoms with van der Waals surface area (Å²) in [5, 5.41) is 9.18. The number of halogens is 5. The van der Waals surface area contributed by atoms with Gasteiger partial charge in [-0.1, -0.05) is 6.07 Å². The van der Waals surface area contributed by atoms with Gasteiger partial charge in [0.05, 0.1) is 41.7 Å². The molecule has 0 aliphatic carbocycles. The van der Waals surface area contributed by atoms with E-state index in [0.717, 1.165) is 18.2 Å². The molecular weight excluding hydrogens is 517 g/mol. The van der Waals surface area contributed by atoms with Gasteiger partial charge in [0.1, 0.15) is 28.2 Å². The van der Waals surface area contributed by atoms with Gasteiger partial charge in [0.2, 0.25) is 0 Å². The minimum Gasteiger partial charge on any atom is -0.467 e. The van der Waals surface area contributed by atoms with E-state index >= 15 is 4.39 Å². The molecule has 37 heavy (non-hydrogen) atoms. The number of nitriles is 1. The van der Waals surface area contributed by atoms with Crippen molar-refractivity contribution in [2.24, 2.45) is 0 Å². The Morgan fingerprint density at radius 2 is 2.05 bits per heavy atom. The van der Waals surface area contributed by atoms with Crippen molar-refractivity contribution in [3.63, 3.8) is 0 Å². The fourth-order valence-electron chi connectivity index (χ4n) is 5.16. The molecule has 2 bridgehead atoms. The molecule has 190 valence electrons. The number of fused-ring (bicyclic) bond motifs is 4.